The first-order valence-corrected chi connectivity index (χ1v) is 6.47. The average Bonchev–Trinajstić information content (AvgIpc) is 2.47. The summed E-state index contributed by atoms with van der Waals surface area (Å²) in [7, 11) is -0.380. The highest BCUT2D eigenvalue weighted by Crippen LogP contribution is 2.48. The van der Waals surface area contributed by atoms with Crippen LogP contribution < -0.4 is 5.30 Å². The zero-order chi connectivity index (χ0) is 10.1. The lowest BCUT2D eigenvalue weighted by atomic mass is 10.2. The van der Waals surface area contributed by atoms with Crippen LogP contribution >= 0.6 is 7.92 Å². The van der Waals surface area contributed by atoms with Gasteiger partial charge in [0.1, 0.15) is 0 Å². The van der Waals surface area contributed by atoms with Crippen molar-refractivity contribution in [2.75, 3.05) is 6.16 Å². The highest BCUT2D eigenvalue weighted by molar-refractivity contribution is 7.66. The molecule has 3 heteroatoms. The Morgan fingerprint density at radius 2 is 1.86 bits per heavy atom. The Hall–Kier alpha value is -0.430. The standard InChI is InChI=1S/C11H15O2P/c1-8-11(13)10(12)7-14(8)9-5-3-2-4-6-9/h2-6,8,10-13H,7H2,1H3/t8?,10-,11?,14?/m1/s1. The molecule has 1 aliphatic rings. The van der Waals surface area contributed by atoms with Crippen LogP contribution in [0.15, 0.2) is 30.3 Å². The molecule has 4 atom stereocenters. The summed E-state index contributed by atoms with van der Waals surface area (Å²) < 4.78 is 0. The van der Waals surface area contributed by atoms with Crippen LogP contribution in [-0.2, 0) is 0 Å². The molecule has 1 heterocycles. The lowest BCUT2D eigenvalue weighted by molar-refractivity contribution is 0.0444. The third-order valence-electron chi connectivity index (χ3n) is 2.85. The second kappa shape index (κ2) is 3.98. The predicted octanol–water partition coefficient (Wildman–Crippen LogP) is 0.918. The van der Waals surface area contributed by atoms with Gasteiger partial charge in [-0.25, -0.2) is 0 Å². The first-order chi connectivity index (χ1) is 6.70. The molecule has 0 spiro atoms. The molecule has 3 unspecified atom stereocenters. The maximum Gasteiger partial charge on any atom is 0.0870 e. The van der Waals surface area contributed by atoms with Gasteiger partial charge in [0.15, 0.2) is 0 Å². The van der Waals surface area contributed by atoms with E-state index in [-0.39, 0.29) is 13.6 Å². The van der Waals surface area contributed by atoms with E-state index in [0.29, 0.717) is 0 Å². The summed E-state index contributed by atoms with van der Waals surface area (Å²) in [4.78, 5) is 0. The van der Waals surface area contributed by atoms with Gasteiger partial charge in [-0.1, -0.05) is 45.2 Å². The molecule has 2 nitrogen and oxygen atoms in total. The van der Waals surface area contributed by atoms with Crippen molar-refractivity contribution in [3.63, 3.8) is 0 Å². The summed E-state index contributed by atoms with van der Waals surface area (Å²) in [5.41, 5.74) is 0.211. The summed E-state index contributed by atoms with van der Waals surface area (Å²) >= 11 is 0. The monoisotopic (exact) mass is 210 g/mol. The largest absolute Gasteiger partial charge is 0.390 e. The van der Waals surface area contributed by atoms with Crippen molar-refractivity contribution in [1.29, 1.82) is 0 Å². The Balaban J connectivity index is 2.21. The zero-order valence-corrected chi connectivity index (χ0v) is 9.06. The quantitative estimate of drug-likeness (QED) is 0.677. The molecule has 1 aromatic rings. The molecule has 0 radical (unpaired) electrons. The molecule has 1 aliphatic heterocycles. The van der Waals surface area contributed by atoms with Gasteiger partial charge in [0, 0.05) is 11.8 Å². The summed E-state index contributed by atoms with van der Waals surface area (Å²) in [6, 6.07) is 10.2. The van der Waals surface area contributed by atoms with E-state index in [1.807, 2.05) is 25.1 Å². The fourth-order valence-electron chi connectivity index (χ4n) is 1.94. The third kappa shape index (κ3) is 1.70. The number of benzene rings is 1. The van der Waals surface area contributed by atoms with E-state index in [9.17, 15) is 10.2 Å². The van der Waals surface area contributed by atoms with Crippen LogP contribution in [0.3, 0.4) is 0 Å². The molecule has 0 aromatic heterocycles. The van der Waals surface area contributed by atoms with E-state index >= 15 is 0 Å². The predicted molar refractivity (Wildman–Crippen MR) is 59.3 cm³/mol. The van der Waals surface area contributed by atoms with Gasteiger partial charge < -0.3 is 10.2 Å². The SMILES string of the molecule is CC1C(O)[C@H](O)CP1c1ccccc1. The van der Waals surface area contributed by atoms with Gasteiger partial charge in [0.05, 0.1) is 12.2 Å². The number of rotatable bonds is 1. The van der Waals surface area contributed by atoms with Gasteiger partial charge >= 0.3 is 0 Å². The van der Waals surface area contributed by atoms with Gasteiger partial charge in [0.2, 0.25) is 0 Å². The van der Waals surface area contributed by atoms with E-state index in [4.69, 9.17) is 0 Å². The minimum absolute atomic E-state index is 0.211. The fourth-order valence-corrected chi connectivity index (χ4v) is 4.70. The van der Waals surface area contributed by atoms with Crippen LogP contribution in [0.25, 0.3) is 0 Å². The maximum absolute atomic E-state index is 9.66. The van der Waals surface area contributed by atoms with Crippen molar-refractivity contribution in [3.05, 3.63) is 30.3 Å². The van der Waals surface area contributed by atoms with Gasteiger partial charge in [-0.15, -0.1) is 0 Å². The minimum Gasteiger partial charge on any atom is -0.390 e. The van der Waals surface area contributed by atoms with Crippen molar-refractivity contribution >= 4 is 13.2 Å². The molecule has 0 aliphatic carbocycles. The van der Waals surface area contributed by atoms with E-state index < -0.39 is 12.2 Å². The molecule has 2 rings (SSSR count). The van der Waals surface area contributed by atoms with Crippen LogP contribution in [0.1, 0.15) is 6.92 Å². The Morgan fingerprint density at radius 1 is 1.21 bits per heavy atom. The Kier molecular flexibility index (Phi) is 2.87. The second-order valence-electron chi connectivity index (χ2n) is 3.79. The summed E-state index contributed by atoms with van der Waals surface area (Å²) in [6.07, 6.45) is -0.334. The molecule has 76 valence electrons. The summed E-state index contributed by atoms with van der Waals surface area (Å²) in [6.45, 7) is 2.03. The van der Waals surface area contributed by atoms with Crippen LogP contribution in [0.5, 0.6) is 0 Å². The molecule has 14 heavy (non-hydrogen) atoms. The topological polar surface area (TPSA) is 40.5 Å². The van der Waals surface area contributed by atoms with Gasteiger partial charge in [-0.2, -0.15) is 0 Å². The number of hydrogen-bond donors (Lipinski definition) is 2. The Labute approximate surface area is 85.3 Å². The van der Waals surface area contributed by atoms with Crippen LogP contribution in [0, 0.1) is 0 Å². The highest BCUT2D eigenvalue weighted by Gasteiger charge is 2.38. The number of aliphatic hydroxyl groups excluding tert-OH is 2. The smallest absolute Gasteiger partial charge is 0.0870 e. The first kappa shape index (κ1) is 10.1. The maximum atomic E-state index is 9.66. The third-order valence-corrected chi connectivity index (χ3v) is 5.87. The molecular weight excluding hydrogens is 195 g/mol. The van der Waals surface area contributed by atoms with Gasteiger partial charge in [0.25, 0.3) is 0 Å². The number of aliphatic hydroxyl groups is 2. The summed E-state index contributed by atoms with van der Waals surface area (Å²) in [5.74, 6) is 0. The average molecular weight is 210 g/mol. The molecule has 1 saturated heterocycles. The van der Waals surface area contributed by atoms with Gasteiger partial charge in [-0.05, 0) is 5.30 Å². The molecule has 1 aromatic carbocycles. The minimum atomic E-state index is -0.540. The molecule has 0 amide bonds. The normalized spacial score (nSPS) is 37.4. The number of hydrogen-bond acceptors (Lipinski definition) is 2. The molecule has 1 fully saturated rings. The lowest BCUT2D eigenvalue weighted by Crippen LogP contribution is -2.27. The van der Waals surface area contributed by atoms with Crippen molar-refractivity contribution in [2.45, 2.75) is 24.8 Å². The molecular formula is C11H15O2P. The summed E-state index contributed by atoms with van der Waals surface area (Å²) in [5, 5.41) is 20.5. The highest BCUT2D eigenvalue weighted by atomic mass is 31.1. The fraction of sp³-hybridized carbons (Fsp3) is 0.455. The van der Waals surface area contributed by atoms with Crippen molar-refractivity contribution in [2.24, 2.45) is 0 Å². The molecule has 2 N–H and O–H groups in total. The lowest BCUT2D eigenvalue weighted by Gasteiger charge is -2.17. The zero-order valence-electron chi connectivity index (χ0n) is 8.17. The first-order valence-electron chi connectivity index (χ1n) is 4.88. The van der Waals surface area contributed by atoms with Crippen LogP contribution in [0.4, 0.5) is 0 Å². The Morgan fingerprint density at radius 3 is 2.36 bits per heavy atom. The van der Waals surface area contributed by atoms with E-state index in [1.54, 1.807) is 0 Å². The van der Waals surface area contributed by atoms with Crippen molar-refractivity contribution < 1.29 is 10.2 Å². The van der Waals surface area contributed by atoms with E-state index in [2.05, 4.69) is 12.1 Å². The Bertz CT molecular complexity index is 301. The van der Waals surface area contributed by atoms with Crippen LogP contribution in [-0.4, -0.2) is 34.2 Å². The van der Waals surface area contributed by atoms with Crippen molar-refractivity contribution in [1.82, 2.24) is 0 Å². The van der Waals surface area contributed by atoms with E-state index in [1.165, 1.54) is 5.30 Å². The molecule has 0 saturated carbocycles. The van der Waals surface area contributed by atoms with E-state index in [0.717, 1.165) is 6.16 Å². The van der Waals surface area contributed by atoms with Crippen LogP contribution in [0.2, 0.25) is 0 Å². The van der Waals surface area contributed by atoms with Crippen molar-refractivity contribution in [3.8, 4) is 0 Å². The van der Waals surface area contributed by atoms with Gasteiger partial charge in [-0.3, -0.25) is 0 Å². The molecule has 0 bridgehead atoms. The second-order valence-corrected chi connectivity index (χ2v) is 6.42.